The summed E-state index contributed by atoms with van der Waals surface area (Å²) in [6.45, 7) is 6.11. The van der Waals surface area contributed by atoms with Crippen molar-refractivity contribution >= 4 is 23.3 Å². The van der Waals surface area contributed by atoms with Crippen LogP contribution in [0.2, 0.25) is 0 Å². The highest BCUT2D eigenvalue weighted by Gasteiger charge is 2.16. The third-order valence-electron chi connectivity index (χ3n) is 2.76. The molecule has 7 heteroatoms. The molecule has 2 N–H and O–H groups in total. The lowest BCUT2D eigenvalue weighted by Gasteiger charge is -2.20. The number of amides is 1. The largest absolute Gasteiger partial charge is 0.497 e. The van der Waals surface area contributed by atoms with Crippen LogP contribution >= 0.6 is 12.2 Å². The fourth-order valence-corrected chi connectivity index (χ4v) is 1.87. The van der Waals surface area contributed by atoms with Crippen molar-refractivity contribution in [2.45, 2.75) is 32.9 Å². The maximum absolute atomic E-state index is 11.6. The minimum Gasteiger partial charge on any atom is -0.497 e. The topological polar surface area (TPSA) is 68.8 Å². The summed E-state index contributed by atoms with van der Waals surface area (Å²) in [5, 5.41) is 5.68. The number of alkyl carbamates (subject to hydrolysis) is 1. The summed E-state index contributed by atoms with van der Waals surface area (Å²) in [7, 11) is 3.20. The molecule has 0 aliphatic carbocycles. The smallest absolute Gasteiger partial charge is 0.408 e. The maximum atomic E-state index is 11.6. The van der Waals surface area contributed by atoms with Crippen molar-refractivity contribution in [3.8, 4) is 11.5 Å². The van der Waals surface area contributed by atoms with Crippen LogP contribution in [0.5, 0.6) is 11.5 Å². The molecule has 0 saturated heterocycles. The third-order valence-corrected chi connectivity index (χ3v) is 3.05. The number of ether oxygens (including phenoxy) is 3. The second-order valence-electron chi connectivity index (χ2n) is 5.81. The van der Waals surface area contributed by atoms with Crippen molar-refractivity contribution in [3.63, 3.8) is 0 Å². The fourth-order valence-electron chi connectivity index (χ4n) is 1.72. The van der Waals surface area contributed by atoms with Crippen LogP contribution in [-0.4, -0.2) is 37.4 Å². The van der Waals surface area contributed by atoms with Crippen molar-refractivity contribution < 1.29 is 19.0 Å². The molecule has 1 rings (SSSR count). The van der Waals surface area contributed by atoms with E-state index in [4.69, 9.17) is 26.4 Å². The van der Waals surface area contributed by atoms with E-state index in [9.17, 15) is 4.79 Å². The lowest BCUT2D eigenvalue weighted by atomic mass is 10.2. The van der Waals surface area contributed by atoms with Crippen LogP contribution in [0.25, 0.3) is 0 Å². The molecule has 1 aromatic carbocycles. The summed E-state index contributed by atoms with van der Waals surface area (Å²) in [5.74, 6) is 1.43. The summed E-state index contributed by atoms with van der Waals surface area (Å²) in [5.41, 5.74) is 0.406. The van der Waals surface area contributed by atoms with E-state index >= 15 is 0 Å². The zero-order chi connectivity index (χ0) is 17.5. The fraction of sp³-hybridized carbons (Fsp3) is 0.500. The molecule has 0 aliphatic heterocycles. The average molecular weight is 340 g/mol. The molecule has 0 radical (unpaired) electrons. The quantitative estimate of drug-likeness (QED) is 0.776. The molecule has 128 valence electrons. The second kappa shape index (κ2) is 8.57. The van der Waals surface area contributed by atoms with Crippen molar-refractivity contribution in [3.05, 3.63) is 23.8 Å². The van der Waals surface area contributed by atoms with Gasteiger partial charge in [-0.05, 0) is 32.9 Å². The average Bonchev–Trinajstić information content (AvgIpc) is 2.49. The number of hydrogen-bond donors (Lipinski definition) is 2. The van der Waals surface area contributed by atoms with Gasteiger partial charge in [-0.15, -0.1) is 0 Å². The minimum atomic E-state index is -0.532. The summed E-state index contributed by atoms with van der Waals surface area (Å²) in [6.07, 6.45) is -0.497. The molecule has 0 fully saturated rings. The highest BCUT2D eigenvalue weighted by atomic mass is 32.1. The number of rotatable bonds is 6. The first kappa shape index (κ1) is 19.0. The normalized spacial score (nSPS) is 10.7. The van der Waals surface area contributed by atoms with E-state index in [2.05, 4.69) is 10.6 Å². The Kier molecular flexibility index (Phi) is 7.09. The number of methoxy groups -OCH3 is 2. The number of thiocarbonyl (C=S) groups is 1. The SMILES string of the molecule is COc1ccc(CNC(=S)CNC(=O)OC(C)(C)C)c(OC)c1. The third kappa shape index (κ3) is 7.19. The number of carbonyl (C=O) groups excluding carboxylic acids is 1. The minimum absolute atomic E-state index is 0.211. The Hall–Kier alpha value is -2.02. The van der Waals surface area contributed by atoms with Crippen molar-refractivity contribution in [2.75, 3.05) is 20.8 Å². The van der Waals surface area contributed by atoms with Crippen LogP contribution in [0.15, 0.2) is 18.2 Å². The monoisotopic (exact) mass is 340 g/mol. The van der Waals surface area contributed by atoms with Crippen LogP contribution in [0.3, 0.4) is 0 Å². The summed E-state index contributed by atoms with van der Waals surface area (Å²) >= 11 is 5.19. The van der Waals surface area contributed by atoms with Gasteiger partial charge in [0.2, 0.25) is 0 Å². The zero-order valence-corrected chi connectivity index (χ0v) is 15.0. The van der Waals surface area contributed by atoms with Crippen LogP contribution in [0.1, 0.15) is 26.3 Å². The number of benzene rings is 1. The molecule has 23 heavy (non-hydrogen) atoms. The molecule has 1 amide bonds. The van der Waals surface area contributed by atoms with E-state index in [1.165, 1.54) is 0 Å². The molecule has 6 nitrogen and oxygen atoms in total. The Bertz CT molecular complexity index is 556. The van der Waals surface area contributed by atoms with Gasteiger partial charge in [0, 0.05) is 18.2 Å². The highest BCUT2D eigenvalue weighted by Crippen LogP contribution is 2.24. The van der Waals surface area contributed by atoms with E-state index in [1.54, 1.807) is 41.1 Å². The van der Waals surface area contributed by atoms with Gasteiger partial charge in [-0.1, -0.05) is 12.2 Å². The molecule has 1 aromatic rings. The second-order valence-corrected chi connectivity index (χ2v) is 6.30. The summed E-state index contributed by atoms with van der Waals surface area (Å²) < 4.78 is 15.6. The Labute approximate surface area is 142 Å². The predicted molar refractivity (Wildman–Crippen MR) is 93.2 cm³/mol. The van der Waals surface area contributed by atoms with Gasteiger partial charge < -0.3 is 24.8 Å². The summed E-state index contributed by atoms with van der Waals surface area (Å²) in [4.78, 5) is 12.1. The van der Waals surface area contributed by atoms with Crippen LogP contribution < -0.4 is 20.1 Å². The Morgan fingerprint density at radius 3 is 2.43 bits per heavy atom. The number of hydrogen-bond acceptors (Lipinski definition) is 5. The molecule has 0 heterocycles. The highest BCUT2D eigenvalue weighted by molar-refractivity contribution is 7.80. The zero-order valence-electron chi connectivity index (χ0n) is 14.2. The molecular formula is C16H24N2O4S. The van der Waals surface area contributed by atoms with Crippen LogP contribution in [0.4, 0.5) is 4.79 Å². The first-order chi connectivity index (χ1) is 10.7. The van der Waals surface area contributed by atoms with Gasteiger partial charge in [-0.2, -0.15) is 0 Å². The number of nitrogens with one attached hydrogen (secondary N) is 2. The van der Waals surface area contributed by atoms with E-state index in [0.29, 0.717) is 17.3 Å². The van der Waals surface area contributed by atoms with Gasteiger partial charge in [0.05, 0.1) is 25.8 Å². The van der Waals surface area contributed by atoms with Gasteiger partial charge >= 0.3 is 6.09 Å². The van der Waals surface area contributed by atoms with E-state index in [1.807, 2.05) is 12.1 Å². The molecule has 0 saturated carbocycles. The van der Waals surface area contributed by atoms with E-state index in [-0.39, 0.29) is 6.54 Å². The molecule has 0 spiro atoms. The van der Waals surface area contributed by atoms with Gasteiger partial charge in [-0.3, -0.25) is 0 Å². The molecule has 0 aliphatic rings. The molecular weight excluding hydrogens is 316 g/mol. The van der Waals surface area contributed by atoms with Crippen molar-refractivity contribution in [1.29, 1.82) is 0 Å². The molecule has 0 aromatic heterocycles. The van der Waals surface area contributed by atoms with Gasteiger partial charge in [0.15, 0.2) is 0 Å². The van der Waals surface area contributed by atoms with Crippen LogP contribution in [-0.2, 0) is 11.3 Å². The van der Waals surface area contributed by atoms with Crippen molar-refractivity contribution in [1.82, 2.24) is 10.6 Å². The standard InChI is InChI=1S/C16H24N2O4S/c1-16(2,3)22-15(19)18-10-14(23)17-9-11-6-7-12(20-4)8-13(11)21-5/h6-8H,9-10H2,1-5H3,(H,17,23)(H,18,19). The van der Waals surface area contributed by atoms with Crippen LogP contribution in [0, 0.1) is 0 Å². The molecule has 0 bridgehead atoms. The predicted octanol–water partition coefficient (Wildman–Crippen LogP) is 2.65. The summed E-state index contributed by atoms with van der Waals surface area (Å²) in [6, 6.07) is 5.55. The Morgan fingerprint density at radius 1 is 1.17 bits per heavy atom. The Morgan fingerprint density at radius 2 is 1.87 bits per heavy atom. The van der Waals surface area contributed by atoms with E-state index < -0.39 is 11.7 Å². The number of carbonyl (C=O) groups is 1. The molecule has 0 unspecified atom stereocenters. The Balaban J connectivity index is 2.46. The van der Waals surface area contributed by atoms with Gasteiger partial charge in [0.25, 0.3) is 0 Å². The van der Waals surface area contributed by atoms with E-state index in [0.717, 1.165) is 11.3 Å². The van der Waals surface area contributed by atoms with Crippen molar-refractivity contribution in [2.24, 2.45) is 0 Å². The molecule has 0 atom stereocenters. The maximum Gasteiger partial charge on any atom is 0.408 e. The first-order valence-corrected chi connectivity index (χ1v) is 7.60. The lowest BCUT2D eigenvalue weighted by molar-refractivity contribution is 0.0536. The lowest BCUT2D eigenvalue weighted by Crippen LogP contribution is -2.38. The first-order valence-electron chi connectivity index (χ1n) is 7.19. The van der Waals surface area contributed by atoms with Gasteiger partial charge in [-0.25, -0.2) is 4.79 Å². The van der Waals surface area contributed by atoms with Gasteiger partial charge in [0.1, 0.15) is 17.1 Å².